The number of hydrazone groups is 2. The second kappa shape index (κ2) is 12.2. The van der Waals surface area contributed by atoms with Crippen molar-refractivity contribution in [1.82, 2.24) is 0 Å². The molecule has 48 heavy (non-hydrogen) atoms. The van der Waals surface area contributed by atoms with Crippen molar-refractivity contribution in [2.75, 3.05) is 10.9 Å². The lowest BCUT2D eigenvalue weighted by atomic mass is 9.95. The number of Topliss-reactive ketones (excluding diaryl/α,β-unsaturated/α-hetero) is 1. The predicted octanol–water partition coefficient (Wildman–Crippen LogP) is 5.52. The van der Waals surface area contributed by atoms with Gasteiger partial charge in [0, 0.05) is 11.1 Å². The lowest BCUT2D eigenvalue weighted by Gasteiger charge is -2.17. The van der Waals surface area contributed by atoms with Crippen LogP contribution in [0.2, 0.25) is 0 Å². The number of ketones is 2. The van der Waals surface area contributed by atoms with Gasteiger partial charge in [0.2, 0.25) is 11.6 Å². The van der Waals surface area contributed by atoms with Crippen LogP contribution in [0.4, 0.5) is 11.4 Å². The van der Waals surface area contributed by atoms with Crippen LogP contribution in [-0.2, 0) is 25.0 Å². The van der Waals surface area contributed by atoms with Crippen LogP contribution in [0.25, 0.3) is 23.3 Å². The Morgan fingerprint density at radius 2 is 1.19 bits per heavy atom. The van der Waals surface area contributed by atoms with Gasteiger partial charge in [-0.3, -0.25) is 29.5 Å². The van der Waals surface area contributed by atoms with Crippen LogP contribution in [0.3, 0.4) is 0 Å². The molecule has 4 aromatic rings. The van der Waals surface area contributed by atoms with Crippen LogP contribution in [0.5, 0.6) is 0 Å². The first kappa shape index (κ1) is 32.4. The summed E-state index contributed by atoms with van der Waals surface area (Å²) in [6.07, 6.45) is 4.16. The molecule has 0 atom stereocenters. The molecule has 0 radical (unpaired) electrons. The van der Waals surface area contributed by atoms with Gasteiger partial charge in [-0.2, -0.15) is 27.0 Å². The zero-order valence-corrected chi connectivity index (χ0v) is 26.9. The highest BCUT2D eigenvalue weighted by molar-refractivity contribution is 7.91. The highest BCUT2D eigenvalue weighted by Gasteiger charge is 2.33. The Hall–Kier alpha value is -5.54. The fourth-order valence-corrected chi connectivity index (χ4v) is 6.62. The number of carbonyl (C=O) groups is 2. The summed E-state index contributed by atoms with van der Waals surface area (Å²) < 4.78 is 66.6. The molecule has 12 nitrogen and oxygen atoms in total. The molecule has 0 fully saturated rings. The van der Waals surface area contributed by atoms with Crippen molar-refractivity contribution in [1.29, 1.82) is 0 Å². The minimum Gasteiger partial charge on any atom is -0.287 e. The van der Waals surface area contributed by atoms with E-state index in [4.69, 9.17) is 0 Å². The number of benzene rings is 4. The van der Waals surface area contributed by atoms with Gasteiger partial charge in [0.15, 0.2) is 5.71 Å². The van der Waals surface area contributed by atoms with Crippen LogP contribution >= 0.6 is 0 Å². The summed E-state index contributed by atoms with van der Waals surface area (Å²) in [4.78, 5) is 24.3. The van der Waals surface area contributed by atoms with Gasteiger partial charge >= 0.3 is 0 Å². The van der Waals surface area contributed by atoms with Gasteiger partial charge in [-0.25, -0.2) is 0 Å². The van der Waals surface area contributed by atoms with Crippen molar-refractivity contribution in [2.45, 2.75) is 18.7 Å². The van der Waals surface area contributed by atoms with Gasteiger partial charge in [0.25, 0.3) is 20.2 Å². The van der Waals surface area contributed by atoms with Crippen molar-refractivity contribution in [3.05, 3.63) is 123 Å². The summed E-state index contributed by atoms with van der Waals surface area (Å²) in [5, 5.41) is 8.39. The molecule has 0 aliphatic heterocycles. The van der Waals surface area contributed by atoms with E-state index in [-0.39, 0.29) is 16.9 Å². The van der Waals surface area contributed by atoms with E-state index in [1.54, 1.807) is 18.2 Å². The first-order valence-electron chi connectivity index (χ1n) is 14.3. The van der Waals surface area contributed by atoms with Gasteiger partial charge in [-0.15, -0.1) is 0 Å². The van der Waals surface area contributed by atoms with Crippen LogP contribution in [0.1, 0.15) is 38.2 Å². The molecule has 4 N–H and O–H groups in total. The topological polar surface area (TPSA) is 192 Å². The number of fused-ring (bicyclic) bond motifs is 2. The number of anilines is 2. The Morgan fingerprint density at radius 3 is 1.77 bits per heavy atom. The Bertz CT molecular complexity index is 2410. The third-order valence-corrected chi connectivity index (χ3v) is 9.50. The van der Waals surface area contributed by atoms with E-state index in [9.17, 15) is 35.5 Å². The third-order valence-electron chi connectivity index (χ3n) is 7.78. The second-order valence-corrected chi connectivity index (χ2v) is 13.8. The molecule has 0 spiro atoms. The van der Waals surface area contributed by atoms with Gasteiger partial charge in [0.05, 0.1) is 16.3 Å². The monoisotopic (exact) mass is 682 g/mol. The van der Waals surface area contributed by atoms with Gasteiger partial charge in [-0.05, 0) is 102 Å². The largest absolute Gasteiger partial charge is 0.296 e. The number of hydrogen-bond acceptors (Lipinski definition) is 10. The standard InChI is InChI=1S/C34H26N4O8S2/c1-19-15-23(35-37-32-28-6-4-3-5-21(28)7-14-30(32)39)8-11-26(19)27-12-9-24(16-20(27)2)36-38-33-31(48(44,45)46)18-22-17-25(47(41,42)43)10-13-29(22)34(33)40/h3-18,35-36H,1-2H3,(H,41,42,43)(H,44,45,46)/b37-32-,38-33+. The summed E-state index contributed by atoms with van der Waals surface area (Å²) >= 11 is 0. The molecule has 14 heteroatoms. The van der Waals surface area contributed by atoms with Crippen molar-refractivity contribution in [3.8, 4) is 11.1 Å². The first-order valence-corrected chi connectivity index (χ1v) is 17.2. The number of aryl methyl sites for hydroxylation is 2. The summed E-state index contributed by atoms with van der Waals surface area (Å²) in [5.41, 5.74) is 11.5. The second-order valence-electron chi connectivity index (χ2n) is 11.0. The normalized spacial score (nSPS) is 16.0. The number of nitrogens with zero attached hydrogens (tertiary/aromatic N) is 2. The molecule has 0 amide bonds. The Kier molecular flexibility index (Phi) is 8.26. The first-order chi connectivity index (χ1) is 22.7. The Morgan fingerprint density at radius 1 is 0.604 bits per heavy atom. The maximum absolute atomic E-state index is 13.2. The molecule has 6 rings (SSSR count). The predicted molar refractivity (Wildman–Crippen MR) is 183 cm³/mol. The third kappa shape index (κ3) is 6.37. The zero-order chi connectivity index (χ0) is 34.4. The van der Waals surface area contributed by atoms with E-state index < -0.39 is 41.5 Å². The number of rotatable bonds is 7. The minimum absolute atomic E-state index is 0.0753. The number of nitrogens with one attached hydrogen (secondary N) is 2. The van der Waals surface area contributed by atoms with Crippen LogP contribution in [0, 0.1) is 13.8 Å². The minimum atomic E-state index is -4.96. The molecular formula is C34H26N4O8S2. The summed E-state index contributed by atoms with van der Waals surface area (Å²) in [7, 11) is -9.60. The maximum Gasteiger partial charge on any atom is 0.296 e. The fourth-order valence-electron chi connectivity index (χ4n) is 5.44. The SMILES string of the molecule is Cc1cc(N/N=C2/C(=O)c3ccc(S(=O)(=O)O)cc3C=C2S(=O)(=O)O)ccc1-c1ccc(N/N=C2\C(=O)C=Cc3ccccc32)cc1C. The van der Waals surface area contributed by atoms with E-state index in [1.807, 2.05) is 62.4 Å². The Balaban J connectivity index is 1.24. The fraction of sp³-hybridized carbons (Fsp3) is 0.0588. The number of hydrogen-bond donors (Lipinski definition) is 4. The molecule has 2 aliphatic rings. The number of carbonyl (C=O) groups excluding carboxylic acids is 2. The lowest BCUT2D eigenvalue weighted by molar-refractivity contribution is -0.108. The van der Waals surface area contributed by atoms with Crippen molar-refractivity contribution >= 4 is 66.8 Å². The van der Waals surface area contributed by atoms with Gasteiger partial charge in [0.1, 0.15) is 10.6 Å². The average Bonchev–Trinajstić information content (AvgIpc) is 3.03. The molecule has 0 aromatic heterocycles. The molecule has 0 heterocycles. The smallest absolute Gasteiger partial charge is 0.287 e. The molecule has 0 bridgehead atoms. The maximum atomic E-state index is 13.2. The average molecular weight is 683 g/mol. The van der Waals surface area contributed by atoms with Crippen molar-refractivity contribution < 1.29 is 35.5 Å². The number of allylic oxidation sites excluding steroid dienone is 2. The summed E-state index contributed by atoms with van der Waals surface area (Å²) in [6.45, 7) is 3.80. The van der Waals surface area contributed by atoms with E-state index in [2.05, 4.69) is 21.1 Å². The van der Waals surface area contributed by atoms with Crippen molar-refractivity contribution in [2.24, 2.45) is 10.2 Å². The van der Waals surface area contributed by atoms with Gasteiger partial charge in [-0.1, -0.05) is 42.5 Å². The van der Waals surface area contributed by atoms with Crippen LogP contribution in [-0.4, -0.2) is 48.9 Å². The van der Waals surface area contributed by atoms with E-state index >= 15 is 0 Å². The summed E-state index contributed by atoms with van der Waals surface area (Å²) in [6, 6.07) is 21.5. The van der Waals surface area contributed by atoms with Crippen molar-refractivity contribution in [3.63, 3.8) is 0 Å². The summed E-state index contributed by atoms with van der Waals surface area (Å²) in [5.74, 6) is -1.08. The van der Waals surface area contributed by atoms with E-state index in [1.165, 1.54) is 6.08 Å². The lowest BCUT2D eigenvalue weighted by Crippen LogP contribution is -2.27. The van der Waals surface area contributed by atoms with E-state index in [0.29, 0.717) is 17.1 Å². The molecule has 2 aliphatic carbocycles. The van der Waals surface area contributed by atoms with Crippen LogP contribution in [0.15, 0.2) is 105 Å². The molecule has 0 saturated carbocycles. The molecular weight excluding hydrogens is 657 g/mol. The molecule has 4 aromatic carbocycles. The Labute approximate surface area is 275 Å². The highest BCUT2D eigenvalue weighted by atomic mass is 32.2. The van der Waals surface area contributed by atoms with Crippen LogP contribution < -0.4 is 10.9 Å². The molecule has 0 saturated heterocycles. The van der Waals surface area contributed by atoms with Gasteiger partial charge < -0.3 is 0 Å². The highest BCUT2D eigenvalue weighted by Crippen LogP contribution is 2.32. The van der Waals surface area contributed by atoms with E-state index in [0.717, 1.165) is 57.7 Å². The molecule has 0 unspecified atom stereocenters. The molecule has 242 valence electrons. The quantitative estimate of drug-likeness (QED) is 0.143. The zero-order valence-electron chi connectivity index (χ0n) is 25.3.